The second-order valence-electron chi connectivity index (χ2n) is 5.78. The van der Waals surface area contributed by atoms with Gasteiger partial charge in [-0.1, -0.05) is 64.1 Å². The van der Waals surface area contributed by atoms with E-state index in [0.29, 0.717) is 0 Å². The number of hydrogen-bond acceptors (Lipinski definition) is 6. The predicted molar refractivity (Wildman–Crippen MR) is 105 cm³/mol. The molecule has 0 saturated heterocycles. The van der Waals surface area contributed by atoms with E-state index < -0.39 is 12.0 Å². The molecular formula is C18H34N2O5S. The summed E-state index contributed by atoms with van der Waals surface area (Å²) in [5.41, 5.74) is 0. The van der Waals surface area contributed by atoms with Crippen LogP contribution in [0.15, 0.2) is 0 Å². The minimum atomic E-state index is -0.876. The standard InChI is InChI=1S/C10H16N2O5S.C4H8.C4H10/c1-6(13)11-4-9(15)18-5-8(10(16)17-3)12-7(2)14;1-2-4-3-1;1-3-4-2/h8H,4-5H2,1-3H3,(H,11,13)(H,12,14);1-4H2;3-4H2,1-2H3. The van der Waals surface area contributed by atoms with Gasteiger partial charge in [0.1, 0.15) is 6.04 Å². The Kier molecular flexibility index (Phi) is 18.7. The largest absolute Gasteiger partial charge is 0.467 e. The first-order valence-corrected chi connectivity index (χ1v) is 10.0. The maximum absolute atomic E-state index is 11.3. The highest BCUT2D eigenvalue weighted by molar-refractivity contribution is 8.13. The van der Waals surface area contributed by atoms with E-state index in [0.717, 1.165) is 11.8 Å². The lowest BCUT2D eigenvalue weighted by atomic mass is 10.0. The van der Waals surface area contributed by atoms with Crippen molar-refractivity contribution in [3.63, 3.8) is 0 Å². The van der Waals surface area contributed by atoms with Crippen LogP contribution in [0.2, 0.25) is 0 Å². The van der Waals surface area contributed by atoms with Crippen LogP contribution in [0, 0.1) is 0 Å². The molecule has 152 valence electrons. The molecule has 26 heavy (non-hydrogen) atoms. The number of amides is 2. The number of methoxy groups -OCH3 is 1. The Labute approximate surface area is 161 Å². The summed E-state index contributed by atoms with van der Waals surface area (Å²) >= 11 is 0.843. The van der Waals surface area contributed by atoms with Crippen molar-refractivity contribution in [1.82, 2.24) is 10.6 Å². The zero-order valence-corrected chi connectivity index (χ0v) is 17.5. The molecule has 0 spiro atoms. The molecule has 1 unspecified atom stereocenters. The molecule has 1 aliphatic carbocycles. The highest BCUT2D eigenvalue weighted by Crippen LogP contribution is 2.15. The van der Waals surface area contributed by atoms with Crippen molar-refractivity contribution < 1.29 is 23.9 Å². The van der Waals surface area contributed by atoms with Crippen molar-refractivity contribution in [2.24, 2.45) is 0 Å². The van der Waals surface area contributed by atoms with E-state index in [1.165, 1.54) is 59.5 Å². The number of nitrogens with one attached hydrogen (secondary N) is 2. The molecule has 1 atom stereocenters. The van der Waals surface area contributed by atoms with Crippen LogP contribution in [-0.4, -0.2) is 48.3 Å². The number of hydrogen-bond donors (Lipinski definition) is 2. The van der Waals surface area contributed by atoms with E-state index in [-0.39, 0.29) is 29.2 Å². The fraction of sp³-hybridized carbons (Fsp3) is 0.778. The van der Waals surface area contributed by atoms with E-state index in [2.05, 4.69) is 29.2 Å². The monoisotopic (exact) mass is 390 g/mol. The number of ether oxygens (including phenoxy) is 1. The molecule has 7 nitrogen and oxygen atoms in total. The normalized spacial score (nSPS) is 12.7. The summed E-state index contributed by atoms with van der Waals surface area (Å²) in [6, 6.07) is -0.876. The van der Waals surface area contributed by atoms with Gasteiger partial charge >= 0.3 is 5.97 Å². The van der Waals surface area contributed by atoms with Gasteiger partial charge in [0.2, 0.25) is 16.9 Å². The Morgan fingerprint density at radius 1 is 0.962 bits per heavy atom. The zero-order valence-electron chi connectivity index (χ0n) is 16.7. The number of esters is 1. The van der Waals surface area contributed by atoms with Crippen LogP contribution < -0.4 is 10.6 Å². The summed E-state index contributed by atoms with van der Waals surface area (Å²) in [5.74, 6) is -1.26. The smallest absolute Gasteiger partial charge is 0.329 e. The van der Waals surface area contributed by atoms with Gasteiger partial charge in [0.05, 0.1) is 13.7 Å². The van der Waals surface area contributed by atoms with E-state index in [4.69, 9.17) is 0 Å². The molecule has 0 aromatic heterocycles. The molecule has 1 fully saturated rings. The van der Waals surface area contributed by atoms with Crippen LogP contribution in [0.5, 0.6) is 0 Å². The van der Waals surface area contributed by atoms with Gasteiger partial charge in [-0.25, -0.2) is 4.79 Å². The lowest BCUT2D eigenvalue weighted by Crippen LogP contribution is -2.42. The first-order chi connectivity index (χ1) is 12.3. The highest BCUT2D eigenvalue weighted by Gasteiger charge is 2.21. The molecule has 0 aliphatic heterocycles. The summed E-state index contributed by atoms with van der Waals surface area (Å²) in [6.07, 6.45) is 8.64. The maximum atomic E-state index is 11.3. The van der Waals surface area contributed by atoms with E-state index >= 15 is 0 Å². The third kappa shape index (κ3) is 18.8. The first kappa shape index (κ1) is 26.7. The van der Waals surface area contributed by atoms with Crippen LogP contribution in [0.4, 0.5) is 0 Å². The Hall–Kier alpha value is -1.57. The van der Waals surface area contributed by atoms with Crippen LogP contribution in [0.3, 0.4) is 0 Å². The van der Waals surface area contributed by atoms with Crippen molar-refractivity contribution in [3.8, 4) is 0 Å². The summed E-state index contributed by atoms with van der Waals surface area (Å²) in [5, 5.41) is 4.42. The number of rotatable bonds is 7. The molecule has 0 aromatic rings. The quantitative estimate of drug-likeness (QED) is 0.647. The molecule has 0 radical (unpaired) electrons. The number of carbonyl (C=O) groups excluding carboxylic acids is 4. The Balaban J connectivity index is 0. The number of thioether (sulfide) groups is 1. The van der Waals surface area contributed by atoms with Crippen LogP contribution in [-0.2, 0) is 23.9 Å². The molecule has 1 aliphatic rings. The summed E-state index contributed by atoms with van der Waals surface area (Å²) in [6.45, 7) is 6.81. The molecule has 8 heteroatoms. The van der Waals surface area contributed by atoms with E-state index in [9.17, 15) is 19.2 Å². The third-order valence-corrected chi connectivity index (χ3v) is 4.22. The maximum Gasteiger partial charge on any atom is 0.329 e. The predicted octanol–water partition coefficient (Wildman–Crippen LogP) is 2.43. The minimum absolute atomic E-state index is 0.0602. The van der Waals surface area contributed by atoms with Crippen LogP contribution >= 0.6 is 11.8 Å². The van der Waals surface area contributed by atoms with Crippen molar-refractivity contribution in [1.29, 1.82) is 0 Å². The van der Waals surface area contributed by atoms with E-state index in [1.807, 2.05) is 0 Å². The summed E-state index contributed by atoms with van der Waals surface area (Å²) < 4.78 is 4.50. The molecule has 0 aromatic carbocycles. The molecule has 2 amide bonds. The van der Waals surface area contributed by atoms with Crippen molar-refractivity contribution in [3.05, 3.63) is 0 Å². The van der Waals surface area contributed by atoms with Gasteiger partial charge in [-0.15, -0.1) is 0 Å². The van der Waals surface area contributed by atoms with Gasteiger partial charge in [-0.2, -0.15) is 0 Å². The summed E-state index contributed by atoms with van der Waals surface area (Å²) in [4.78, 5) is 44.1. The van der Waals surface area contributed by atoms with Gasteiger partial charge in [-0.05, 0) is 0 Å². The fourth-order valence-electron chi connectivity index (χ4n) is 1.23. The average molecular weight is 391 g/mol. The van der Waals surface area contributed by atoms with Gasteiger partial charge in [0.25, 0.3) is 0 Å². The second kappa shape index (κ2) is 18.2. The van der Waals surface area contributed by atoms with Crippen molar-refractivity contribution >= 4 is 34.7 Å². The Bertz CT molecular complexity index is 420. The van der Waals surface area contributed by atoms with Gasteiger partial charge in [0, 0.05) is 19.6 Å². The van der Waals surface area contributed by atoms with Crippen molar-refractivity contribution in [2.45, 2.75) is 72.3 Å². The van der Waals surface area contributed by atoms with E-state index in [1.54, 1.807) is 0 Å². The number of carbonyl (C=O) groups is 4. The third-order valence-electron chi connectivity index (χ3n) is 3.26. The highest BCUT2D eigenvalue weighted by atomic mass is 32.2. The number of unbranched alkanes of at least 4 members (excludes halogenated alkanes) is 1. The Morgan fingerprint density at radius 2 is 1.46 bits per heavy atom. The van der Waals surface area contributed by atoms with Crippen LogP contribution in [0.25, 0.3) is 0 Å². The van der Waals surface area contributed by atoms with Crippen LogP contribution in [0.1, 0.15) is 66.2 Å². The Morgan fingerprint density at radius 3 is 1.77 bits per heavy atom. The molecule has 0 heterocycles. The fourth-order valence-corrected chi connectivity index (χ4v) is 1.98. The van der Waals surface area contributed by atoms with Gasteiger partial charge in [-0.3, -0.25) is 14.4 Å². The minimum Gasteiger partial charge on any atom is -0.467 e. The lowest BCUT2D eigenvalue weighted by Gasteiger charge is -2.14. The molecular weight excluding hydrogens is 356 g/mol. The zero-order chi connectivity index (χ0) is 20.4. The molecule has 1 saturated carbocycles. The second-order valence-corrected chi connectivity index (χ2v) is 6.86. The SMILES string of the molecule is C1CCC1.CCCC.COC(=O)C(CSC(=O)CNC(C)=O)NC(C)=O. The molecule has 2 N–H and O–H groups in total. The van der Waals surface area contributed by atoms with Crippen molar-refractivity contribution in [2.75, 3.05) is 19.4 Å². The van der Waals surface area contributed by atoms with Gasteiger partial charge < -0.3 is 15.4 Å². The first-order valence-electron chi connectivity index (χ1n) is 9.03. The molecule has 1 rings (SSSR count). The van der Waals surface area contributed by atoms with Gasteiger partial charge in [0.15, 0.2) is 0 Å². The average Bonchev–Trinajstić information content (AvgIpc) is 2.54. The molecule has 0 bridgehead atoms. The lowest BCUT2D eigenvalue weighted by molar-refractivity contribution is -0.144. The topological polar surface area (TPSA) is 102 Å². The summed E-state index contributed by atoms with van der Waals surface area (Å²) in [7, 11) is 1.20.